The molecule has 1 atom stereocenters. The molecule has 2 aromatic rings. The molecular weight excluding hydrogens is 628 g/mol. The number of nitrogens with zero attached hydrogens (tertiary/aromatic N) is 4. The number of aliphatic hydroxyl groups excluding tert-OH is 1. The molecule has 0 fully saturated rings. The maximum atomic E-state index is 13.4. The SMILES string of the molecule is CC.CC/C=C(\C=C/C(C)CCC)C(F)(F)F.O=c1cccc(C2=NC=NOC2)ccnc(CCCCC(O)O)n1-c1ccc(F)cc1. The van der Waals surface area contributed by atoms with E-state index in [1.54, 1.807) is 37.4 Å². The van der Waals surface area contributed by atoms with Gasteiger partial charge in [0.1, 0.15) is 11.6 Å². The van der Waals surface area contributed by atoms with E-state index in [2.05, 4.69) is 15.1 Å². The van der Waals surface area contributed by atoms with Crippen LogP contribution >= 0.6 is 0 Å². The smallest absolute Gasteiger partial charge is 0.388 e. The van der Waals surface area contributed by atoms with Crippen molar-refractivity contribution in [2.45, 2.75) is 92.0 Å². The number of allylic oxidation sites excluding steroid dienone is 4. The largest absolute Gasteiger partial charge is 0.416 e. The molecule has 1 aliphatic heterocycles. The van der Waals surface area contributed by atoms with Crippen LogP contribution in [0.2, 0.25) is 0 Å². The van der Waals surface area contributed by atoms with Crippen LogP contribution in [0, 0.1) is 11.7 Å². The number of halogens is 4. The van der Waals surface area contributed by atoms with Crippen molar-refractivity contribution in [1.29, 1.82) is 0 Å². The van der Waals surface area contributed by atoms with Gasteiger partial charge in [0.15, 0.2) is 19.2 Å². The minimum absolute atomic E-state index is 0.205. The fourth-order valence-electron chi connectivity index (χ4n) is 4.34. The average molecular weight is 677 g/mol. The lowest BCUT2D eigenvalue weighted by Gasteiger charge is -2.11. The van der Waals surface area contributed by atoms with Crippen molar-refractivity contribution in [2.75, 3.05) is 6.61 Å². The summed E-state index contributed by atoms with van der Waals surface area (Å²) in [5.41, 5.74) is 0.969. The lowest BCUT2D eigenvalue weighted by molar-refractivity contribution is -0.0884. The molecule has 0 amide bonds. The molecule has 1 aromatic carbocycles. The first-order chi connectivity index (χ1) is 23.0. The second kappa shape index (κ2) is 23.2. The van der Waals surface area contributed by atoms with Gasteiger partial charge in [0.05, 0.1) is 17.0 Å². The normalized spacial score (nSPS) is 13.4. The lowest BCUT2D eigenvalue weighted by Crippen LogP contribution is -2.20. The Morgan fingerprint density at radius 2 is 1.75 bits per heavy atom. The summed E-state index contributed by atoms with van der Waals surface area (Å²) >= 11 is 0. The Morgan fingerprint density at radius 1 is 1.04 bits per heavy atom. The van der Waals surface area contributed by atoms with E-state index in [4.69, 9.17) is 15.1 Å². The number of benzene rings is 1. The minimum Gasteiger partial charge on any atom is -0.388 e. The molecule has 2 N–H and O–H groups in total. The molecule has 8 nitrogen and oxygen atoms in total. The molecule has 264 valence electrons. The molecule has 1 aromatic heterocycles. The first-order valence-electron chi connectivity index (χ1n) is 16.2. The summed E-state index contributed by atoms with van der Waals surface area (Å²) in [5.74, 6) is 0.252. The van der Waals surface area contributed by atoms with Crippen molar-refractivity contribution < 1.29 is 32.6 Å². The fourth-order valence-corrected chi connectivity index (χ4v) is 4.34. The maximum Gasteiger partial charge on any atom is 0.416 e. The summed E-state index contributed by atoms with van der Waals surface area (Å²) in [6, 6.07) is 12.1. The zero-order chi connectivity index (χ0) is 36.0. The van der Waals surface area contributed by atoms with Gasteiger partial charge in [-0.1, -0.05) is 76.6 Å². The molecular formula is C36H48F4N4O4. The number of unbranched alkanes of at least 4 members (excludes halogenated alkanes) is 1. The van der Waals surface area contributed by atoms with E-state index in [1.165, 1.54) is 53.4 Å². The van der Waals surface area contributed by atoms with E-state index in [-0.39, 0.29) is 24.5 Å². The molecule has 1 aliphatic rings. The lowest BCUT2D eigenvalue weighted by atomic mass is 10.0. The highest BCUT2D eigenvalue weighted by atomic mass is 19.4. The second-order valence-corrected chi connectivity index (χ2v) is 10.5. The molecule has 12 heteroatoms. The van der Waals surface area contributed by atoms with Gasteiger partial charge in [-0.15, -0.1) is 0 Å². The number of hydrogen-bond acceptors (Lipinski definition) is 7. The van der Waals surface area contributed by atoms with E-state index in [0.29, 0.717) is 42.9 Å². The van der Waals surface area contributed by atoms with Crippen molar-refractivity contribution in [3.05, 3.63) is 106 Å². The van der Waals surface area contributed by atoms with Crippen molar-refractivity contribution >= 4 is 12.1 Å². The topological polar surface area (TPSA) is 109 Å². The van der Waals surface area contributed by atoms with Crippen molar-refractivity contribution in [1.82, 2.24) is 9.55 Å². The summed E-state index contributed by atoms with van der Waals surface area (Å²) in [6.45, 7) is 9.86. The third kappa shape index (κ3) is 16.1. The van der Waals surface area contributed by atoms with Crippen LogP contribution in [0.3, 0.4) is 0 Å². The van der Waals surface area contributed by atoms with Gasteiger partial charge in [-0.05, 0) is 68.4 Å². The highest BCUT2D eigenvalue weighted by Gasteiger charge is 2.31. The number of rotatable bonds is 12. The Hall–Kier alpha value is -4.16. The van der Waals surface area contributed by atoms with Gasteiger partial charge in [-0.2, -0.15) is 13.2 Å². The maximum absolute atomic E-state index is 13.4. The highest BCUT2D eigenvalue weighted by Crippen LogP contribution is 2.27. The second-order valence-electron chi connectivity index (χ2n) is 10.5. The summed E-state index contributed by atoms with van der Waals surface area (Å²) in [6.07, 6.45) is 5.40. The first-order valence-corrected chi connectivity index (χ1v) is 16.2. The van der Waals surface area contributed by atoms with E-state index < -0.39 is 23.9 Å². The van der Waals surface area contributed by atoms with E-state index in [1.807, 2.05) is 27.7 Å². The van der Waals surface area contributed by atoms with Gasteiger partial charge in [-0.25, -0.2) is 14.4 Å². The molecule has 3 rings (SSSR count). The van der Waals surface area contributed by atoms with Crippen LogP contribution in [-0.4, -0.2) is 50.9 Å². The van der Waals surface area contributed by atoms with E-state index in [9.17, 15) is 22.4 Å². The predicted octanol–water partition coefficient (Wildman–Crippen LogP) is 8.19. The van der Waals surface area contributed by atoms with Gasteiger partial charge in [0.2, 0.25) is 0 Å². The van der Waals surface area contributed by atoms with Crippen LogP contribution in [0.1, 0.15) is 84.5 Å². The van der Waals surface area contributed by atoms with Gasteiger partial charge in [0, 0.05) is 24.2 Å². The summed E-state index contributed by atoms with van der Waals surface area (Å²) in [5, 5.41) is 21.7. The molecule has 2 heterocycles. The molecule has 0 radical (unpaired) electrons. The Bertz CT molecular complexity index is 1470. The summed E-state index contributed by atoms with van der Waals surface area (Å²) in [4.78, 5) is 26.7. The minimum atomic E-state index is -4.22. The third-order valence-corrected chi connectivity index (χ3v) is 6.64. The fraction of sp³-hybridized carbons (Fsp3) is 0.444. The average Bonchev–Trinajstić information content (AvgIpc) is 3.06. The van der Waals surface area contributed by atoms with Crippen molar-refractivity contribution in [2.24, 2.45) is 16.1 Å². The number of aryl methyl sites for hydroxylation is 1. The van der Waals surface area contributed by atoms with Crippen LogP contribution in [0.5, 0.6) is 0 Å². The number of aliphatic hydroxyl groups is 2. The molecule has 0 saturated heterocycles. The Morgan fingerprint density at radius 3 is 2.33 bits per heavy atom. The molecule has 0 bridgehead atoms. The number of aromatic nitrogens is 2. The quantitative estimate of drug-likeness (QED) is 0.102. The summed E-state index contributed by atoms with van der Waals surface area (Å²) in [7, 11) is 0. The zero-order valence-electron chi connectivity index (χ0n) is 28.3. The Balaban J connectivity index is 0.000000573. The van der Waals surface area contributed by atoms with Gasteiger partial charge in [0.25, 0.3) is 5.56 Å². The number of alkyl halides is 3. The van der Waals surface area contributed by atoms with Gasteiger partial charge < -0.3 is 15.1 Å². The van der Waals surface area contributed by atoms with Crippen LogP contribution < -0.4 is 5.56 Å². The Kier molecular flexibility index (Phi) is 20.2. The first kappa shape index (κ1) is 41.9. The van der Waals surface area contributed by atoms with Gasteiger partial charge in [-0.3, -0.25) is 9.36 Å². The number of hydrogen-bond donors (Lipinski definition) is 2. The van der Waals surface area contributed by atoms with Gasteiger partial charge >= 0.3 is 6.18 Å². The van der Waals surface area contributed by atoms with Crippen LogP contribution in [0.25, 0.3) is 5.69 Å². The van der Waals surface area contributed by atoms with E-state index >= 15 is 0 Å². The molecule has 48 heavy (non-hydrogen) atoms. The molecule has 0 saturated carbocycles. The van der Waals surface area contributed by atoms with Crippen LogP contribution in [0.4, 0.5) is 17.6 Å². The Labute approximate surface area is 280 Å². The number of oxime groups is 1. The monoisotopic (exact) mass is 676 g/mol. The van der Waals surface area contributed by atoms with Crippen molar-refractivity contribution in [3.8, 4) is 5.69 Å². The number of aliphatic imine (C=N–C) groups is 1. The van der Waals surface area contributed by atoms with Crippen LogP contribution in [0.15, 0.2) is 93.5 Å². The van der Waals surface area contributed by atoms with E-state index in [0.717, 1.165) is 18.4 Å². The van der Waals surface area contributed by atoms with Crippen molar-refractivity contribution in [3.63, 3.8) is 0 Å². The van der Waals surface area contributed by atoms with Crippen LogP contribution in [-0.2, 0) is 11.3 Å². The molecule has 0 spiro atoms. The highest BCUT2D eigenvalue weighted by molar-refractivity contribution is 6.05. The molecule has 0 aliphatic carbocycles. The molecule has 1 unspecified atom stereocenters. The zero-order valence-corrected chi connectivity index (χ0v) is 28.3. The predicted molar refractivity (Wildman–Crippen MR) is 183 cm³/mol. The standard InChI is InChI=1S/C22H23FN4O4.C12H19F3.C2H6/c23-17-8-10-18(11-9-17)27-20(5-1-2-7-22(29)30)24-13-12-16(4-3-6-21(27)28)19-14-31-26-15-25-19;1-4-6-10(3)8-9-11(7-5-2)12(13,14)15;1-2/h3-4,6,8-13,15,22,29-30H,1-2,5,7,14H2;7-10H,4-6H2,1-3H3;1-2H3/b;9-8-,11-7+;. The third-order valence-electron chi connectivity index (χ3n) is 6.64. The summed E-state index contributed by atoms with van der Waals surface area (Å²) < 4.78 is 52.1.